The van der Waals surface area contributed by atoms with Crippen molar-refractivity contribution in [3.63, 3.8) is 0 Å². The van der Waals surface area contributed by atoms with E-state index in [2.05, 4.69) is 5.32 Å². The molecule has 1 atom stereocenters. The van der Waals surface area contributed by atoms with Crippen molar-refractivity contribution in [3.8, 4) is 0 Å². The number of piperidine rings is 1. The highest BCUT2D eigenvalue weighted by molar-refractivity contribution is 7.12. The van der Waals surface area contributed by atoms with Crippen LogP contribution in [0.4, 0.5) is 0 Å². The highest BCUT2D eigenvalue weighted by atomic mass is 32.1. The molecule has 0 radical (unpaired) electrons. The Hall–Kier alpha value is -2.67. The average molecular weight is 440 g/mol. The number of nitrogens with zero attached hydrogens (tertiary/aromatic N) is 2. The van der Waals surface area contributed by atoms with E-state index in [0.717, 1.165) is 31.5 Å². The fourth-order valence-corrected chi connectivity index (χ4v) is 5.08. The monoisotopic (exact) mass is 439 g/mol. The van der Waals surface area contributed by atoms with E-state index < -0.39 is 6.04 Å². The van der Waals surface area contributed by atoms with Gasteiger partial charge in [-0.25, -0.2) is 0 Å². The maximum Gasteiger partial charge on any atom is 0.262 e. The zero-order chi connectivity index (χ0) is 21.8. The smallest absolute Gasteiger partial charge is 0.262 e. The summed E-state index contributed by atoms with van der Waals surface area (Å²) in [5, 5.41) is 4.89. The van der Waals surface area contributed by atoms with Crippen LogP contribution in [-0.2, 0) is 4.79 Å². The summed E-state index contributed by atoms with van der Waals surface area (Å²) in [5.41, 5.74) is 1.82. The molecule has 3 amide bonds. The Kier molecular flexibility index (Phi) is 6.70. The van der Waals surface area contributed by atoms with E-state index in [9.17, 15) is 14.4 Å². The standard InChI is InChI=1S/C24H29N3O3S/c1-17-6-8-19(9-7-17)23(29)27-14-10-18(11-15-27)21(24(30)26-12-2-3-13-26)25-22(28)20-5-4-16-31-20/h4-9,16,18,21H,2-3,10-15H2,1H3,(H,25,28). The van der Waals surface area contributed by atoms with Crippen LogP contribution in [-0.4, -0.2) is 59.7 Å². The van der Waals surface area contributed by atoms with Crippen molar-refractivity contribution >= 4 is 29.1 Å². The highest BCUT2D eigenvalue weighted by Crippen LogP contribution is 2.25. The van der Waals surface area contributed by atoms with Gasteiger partial charge in [-0.3, -0.25) is 14.4 Å². The molecule has 2 aromatic rings. The number of aryl methyl sites for hydroxylation is 1. The lowest BCUT2D eigenvalue weighted by Gasteiger charge is -2.37. The van der Waals surface area contributed by atoms with E-state index >= 15 is 0 Å². The lowest BCUT2D eigenvalue weighted by molar-refractivity contribution is -0.134. The molecule has 2 aliphatic rings. The lowest BCUT2D eigenvalue weighted by atomic mass is 9.88. The molecule has 2 fully saturated rings. The van der Waals surface area contributed by atoms with Crippen LogP contribution in [0, 0.1) is 12.8 Å². The molecule has 4 rings (SSSR count). The molecule has 0 bridgehead atoms. The van der Waals surface area contributed by atoms with Crippen molar-refractivity contribution in [1.82, 2.24) is 15.1 Å². The topological polar surface area (TPSA) is 69.7 Å². The van der Waals surface area contributed by atoms with E-state index in [4.69, 9.17) is 0 Å². The molecule has 1 unspecified atom stereocenters. The highest BCUT2D eigenvalue weighted by Gasteiger charge is 2.37. The van der Waals surface area contributed by atoms with Crippen LogP contribution in [0.3, 0.4) is 0 Å². The molecule has 31 heavy (non-hydrogen) atoms. The van der Waals surface area contributed by atoms with Crippen LogP contribution in [0.2, 0.25) is 0 Å². The zero-order valence-electron chi connectivity index (χ0n) is 17.9. The van der Waals surface area contributed by atoms with Crippen LogP contribution in [0.5, 0.6) is 0 Å². The second kappa shape index (κ2) is 9.64. The molecule has 0 saturated carbocycles. The van der Waals surface area contributed by atoms with Gasteiger partial charge in [0.2, 0.25) is 5.91 Å². The number of hydrogen-bond acceptors (Lipinski definition) is 4. The second-order valence-electron chi connectivity index (χ2n) is 8.46. The molecular weight excluding hydrogens is 410 g/mol. The van der Waals surface area contributed by atoms with Crippen molar-refractivity contribution in [1.29, 1.82) is 0 Å². The second-order valence-corrected chi connectivity index (χ2v) is 9.40. The maximum absolute atomic E-state index is 13.3. The number of hydrogen-bond donors (Lipinski definition) is 1. The number of benzene rings is 1. The van der Waals surface area contributed by atoms with Crippen molar-refractivity contribution < 1.29 is 14.4 Å². The first kappa shape index (κ1) is 21.6. The molecule has 1 N–H and O–H groups in total. The summed E-state index contributed by atoms with van der Waals surface area (Å²) in [4.78, 5) is 43.2. The van der Waals surface area contributed by atoms with Gasteiger partial charge in [0, 0.05) is 31.7 Å². The summed E-state index contributed by atoms with van der Waals surface area (Å²) in [6.45, 7) is 4.71. The number of thiophene rings is 1. The molecule has 2 aliphatic heterocycles. The average Bonchev–Trinajstić information content (AvgIpc) is 3.52. The number of rotatable bonds is 5. The minimum atomic E-state index is -0.538. The summed E-state index contributed by atoms with van der Waals surface area (Å²) >= 11 is 1.38. The van der Waals surface area contributed by atoms with Gasteiger partial charge in [-0.05, 0) is 62.1 Å². The van der Waals surface area contributed by atoms with Crippen molar-refractivity contribution in [3.05, 3.63) is 57.8 Å². The molecule has 3 heterocycles. The summed E-state index contributed by atoms with van der Waals surface area (Å²) in [6.07, 6.45) is 3.43. The lowest BCUT2D eigenvalue weighted by Crippen LogP contribution is -2.54. The van der Waals surface area contributed by atoms with Crippen molar-refractivity contribution in [2.45, 2.75) is 38.6 Å². The minimum absolute atomic E-state index is 0.0192. The fraction of sp³-hybridized carbons (Fsp3) is 0.458. The first-order valence-corrected chi connectivity index (χ1v) is 11.9. The Balaban J connectivity index is 1.43. The fourth-order valence-electron chi connectivity index (χ4n) is 4.45. The van der Waals surface area contributed by atoms with Gasteiger partial charge in [-0.1, -0.05) is 23.8 Å². The summed E-state index contributed by atoms with van der Waals surface area (Å²) < 4.78 is 0. The van der Waals surface area contributed by atoms with Gasteiger partial charge in [-0.15, -0.1) is 11.3 Å². The number of carbonyl (C=O) groups is 3. The Morgan fingerprint density at radius 2 is 1.65 bits per heavy atom. The van der Waals surface area contributed by atoms with Crippen LogP contribution >= 0.6 is 11.3 Å². The number of carbonyl (C=O) groups excluding carboxylic acids is 3. The van der Waals surface area contributed by atoms with Gasteiger partial charge in [0.15, 0.2) is 0 Å². The van der Waals surface area contributed by atoms with Crippen LogP contribution in [0.25, 0.3) is 0 Å². The third-order valence-corrected chi connectivity index (χ3v) is 7.18. The minimum Gasteiger partial charge on any atom is -0.341 e. The van der Waals surface area contributed by atoms with Gasteiger partial charge < -0.3 is 15.1 Å². The van der Waals surface area contributed by atoms with Gasteiger partial charge in [0.1, 0.15) is 6.04 Å². The molecular formula is C24H29N3O3S. The molecule has 0 aliphatic carbocycles. The first-order valence-electron chi connectivity index (χ1n) is 11.0. The van der Waals surface area contributed by atoms with Crippen LogP contribution in [0.15, 0.2) is 41.8 Å². The molecule has 2 saturated heterocycles. The van der Waals surface area contributed by atoms with E-state index in [1.54, 1.807) is 6.07 Å². The Labute approximate surface area is 187 Å². The number of amides is 3. The van der Waals surface area contributed by atoms with E-state index in [0.29, 0.717) is 36.4 Å². The first-order chi connectivity index (χ1) is 15.0. The van der Waals surface area contributed by atoms with E-state index in [-0.39, 0.29) is 23.6 Å². The van der Waals surface area contributed by atoms with Crippen LogP contribution < -0.4 is 5.32 Å². The predicted molar refractivity (Wildman–Crippen MR) is 121 cm³/mol. The summed E-state index contributed by atoms with van der Waals surface area (Å²) in [6, 6.07) is 10.7. The third kappa shape index (κ3) is 4.98. The van der Waals surface area contributed by atoms with Gasteiger partial charge in [0.25, 0.3) is 11.8 Å². The van der Waals surface area contributed by atoms with Gasteiger partial charge in [0.05, 0.1) is 4.88 Å². The predicted octanol–water partition coefficient (Wildman–Crippen LogP) is 3.33. The molecule has 0 spiro atoms. The molecule has 1 aromatic heterocycles. The molecule has 6 nitrogen and oxygen atoms in total. The van der Waals surface area contributed by atoms with Gasteiger partial charge >= 0.3 is 0 Å². The quantitative estimate of drug-likeness (QED) is 0.777. The van der Waals surface area contributed by atoms with Crippen molar-refractivity contribution in [2.75, 3.05) is 26.2 Å². The number of nitrogens with one attached hydrogen (secondary N) is 1. The number of likely N-dealkylation sites (tertiary alicyclic amines) is 2. The molecule has 164 valence electrons. The summed E-state index contributed by atoms with van der Waals surface area (Å²) in [7, 11) is 0. The Morgan fingerprint density at radius 3 is 2.26 bits per heavy atom. The SMILES string of the molecule is Cc1ccc(C(=O)N2CCC(C(NC(=O)c3cccs3)C(=O)N3CCCC3)CC2)cc1. The van der Waals surface area contributed by atoms with E-state index in [1.807, 2.05) is 52.4 Å². The normalized spacial score (nSPS) is 18.1. The Morgan fingerprint density at radius 1 is 0.968 bits per heavy atom. The Bertz CT molecular complexity index is 912. The third-order valence-electron chi connectivity index (χ3n) is 6.31. The van der Waals surface area contributed by atoms with Gasteiger partial charge in [-0.2, -0.15) is 0 Å². The van der Waals surface area contributed by atoms with E-state index in [1.165, 1.54) is 11.3 Å². The van der Waals surface area contributed by atoms with Crippen molar-refractivity contribution in [2.24, 2.45) is 5.92 Å². The van der Waals surface area contributed by atoms with Crippen LogP contribution in [0.1, 0.15) is 51.3 Å². The molecule has 7 heteroatoms. The largest absolute Gasteiger partial charge is 0.341 e. The summed E-state index contributed by atoms with van der Waals surface area (Å²) in [5.74, 6) is -0.112. The molecule has 1 aromatic carbocycles. The zero-order valence-corrected chi connectivity index (χ0v) is 18.7. The maximum atomic E-state index is 13.3.